The van der Waals surface area contributed by atoms with Gasteiger partial charge in [0, 0.05) is 6.42 Å². The number of hydrogen-bond donors (Lipinski definition) is 0. The predicted octanol–water partition coefficient (Wildman–Crippen LogP) is 4.36. The number of hydrogen-bond acceptors (Lipinski definition) is 7. The molecule has 0 saturated carbocycles. The number of esters is 2. The van der Waals surface area contributed by atoms with Gasteiger partial charge in [-0.25, -0.2) is 18.9 Å². The van der Waals surface area contributed by atoms with Crippen LogP contribution in [0.4, 0.5) is 0 Å². The van der Waals surface area contributed by atoms with E-state index in [2.05, 4.69) is 0 Å². The predicted molar refractivity (Wildman–Crippen MR) is 136 cm³/mol. The lowest BCUT2D eigenvalue weighted by Crippen LogP contribution is -2.32. The number of nitrogens with zero attached hydrogens (tertiary/aromatic N) is 2. The normalized spacial score (nSPS) is 20.1. The summed E-state index contributed by atoms with van der Waals surface area (Å²) in [6, 6.07) is 12.4. The third-order valence-electron chi connectivity index (χ3n) is 5.96. The summed E-state index contributed by atoms with van der Waals surface area (Å²) in [4.78, 5) is 25.7. The maximum Gasteiger partial charge on any atom is 0.347 e. The second kappa shape index (κ2) is 11.7. The summed E-state index contributed by atoms with van der Waals surface area (Å²) in [6.45, 7) is 5.52. The molecular formula is C26H35N2O7P. The minimum absolute atomic E-state index is 0.134. The Morgan fingerprint density at radius 1 is 0.972 bits per heavy atom. The van der Waals surface area contributed by atoms with Gasteiger partial charge in [-0.2, -0.15) is 0 Å². The van der Waals surface area contributed by atoms with Crippen LogP contribution in [0, 0.1) is 20.8 Å². The molecule has 0 N–H and O–H groups in total. The van der Waals surface area contributed by atoms with Crippen LogP contribution in [0.2, 0.25) is 0 Å². The van der Waals surface area contributed by atoms with E-state index >= 15 is 0 Å². The first-order chi connectivity index (χ1) is 16.9. The largest absolute Gasteiger partial charge is 0.459 e. The molecule has 0 unspecified atom stereocenters. The van der Waals surface area contributed by atoms with E-state index < -0.39 is 38.1 Å². The minimum Gasteiger partial charge on any atom is -0.459 e. The van der Waals surface area contributed by atoms with Gasteiger partial charge < -0.3 is 14.2 Å². The van der Waals surface area contributed by atoms with E-state index in [1.165, 1.54) is 9.34 Å². The average Bonchev–Trinajstić information content (AvgIpc) is 3.17. The quantitative estimate of drug-likeness (QED) is 0.355. The van der Waals surface area contributed by atoms with Gasteiger partial charge in [-0.05, 0) is 72.2 Å². The molecule has 0 aromatic heterocycles. The Labute approximate surface area is 212 Å². The van der Waals surface area contributed by atoms with Crippen LogP contribution in [-0.2, 0) is 23.3 Å². The Hall–Kier alpha value is -2.55. The Bertz CT molecular complexity index is 1100. The van der Waals surface area contributed by atoms with E-state index in [4.69, 9.17) is 18.7 Å². The van der Waals surface area contributed by atoms with Gasteiger partial charge in [0.15, 0.2) is 6.29 Å². The Morgan fingerprint density at radius 3 is 2.11 bits per heavy atom. The average molecular weight is 519 g/mol. The maximum absolute atomic E-state index is 13.4. The lowest BCUT2D eigenvalue weighted by molar-refractivity contribution is -0.101. The molecule has 1 heterocycles. The molecule has 0 aliphatic carbocycles. The number of rotatable bonds is 9. The number of carbonyl (C=O) groups excluding carboxylic acids is 2. The van der Waals surface area contributed by atoms with Crippen LogP contribution < -0.4 is 0 Å². The molecule has 0 spiro atoms. The fraction of sp³-hybridized carbons (Fsp3) is 0.462. The van der Waals surface area contributed by atoms with E-state index in [0.29, 0.717) is 11.1 Å². The Kier molecular flexibility index (Phi) is 9.08. The molecule has 2 aromatic rings. The van der Waals surface area contributed by atoms with Crippen LogP contribution in [0.5, 0.6) is 0 Å². The van der Waals surface area contributed by atoms with Crippen molar-refractivity contribution in [3.63, 3.8) is 0 Å². The molecule has 196 valence electrons. The van der Waals surface area contributed by atoms with Crippen LogP contribution in [0.1, 0.15) is 43.8 Å². The van der Waals surface area contributed by atoms with Gasteiger partial charge in [-0.1, -0.05) is 35.9 Å². The molecule has 1 aliphatic rings. The van der Waals surface area contributed by atoms with Gasteiger partial charge in [0.1, 0.15) is 18.8 Å². The molecule has 3 atom stereocenters. The number of aryl methyl sites for hydroxylation is 3. The standard InChI is InChI=1S/C26H35N2O7P/c1-17-13-18(2)24(19(3)14-17)26(30)34-21-15-23(35-36(31,27(4)5)28(6)7)33-22(21)16-32-25(29)20-11-9-8-10-12-20/h8-14,21-23H,15-16H2,1-7H3/t21-,22+,23-/m0/s1. The van der Waals surface area contributed by atoms with Gasteiger partial charge in [0.05, 0.1) is 11.1 Å². The van der Waals surface area contributed by atoms with Crippen molar-refractivity contribution in [2.45, 2.75) is 45.7 Å². The zero-order chi connectivity index (χ0) is 26.6. The van der Waals surface area contributed by atoms with Gasteiger partial charge >= 0.3 is 19.6 Å². The maximum atomic E-state index is 13.4. The lowest BCUT2D eigenvalue weighted by atomic mass is 10.00. The second-order valence-corrected chi connectivity index (χ2v) is 12.1. The number of carbonyl (C=O) groups is 2. The molecule has 10 heteroatoms. The summed E-state index contributed by atoms with van der Waals surface area (Å²) in [5.41, 5.74) is 3.54. The van der Waals surface area contributed by atoms with Crippen molar-refractivity contribution in [2.75, 3.05) is 34.8 Å². The first kappa shape index (κ1) is 28.0. The number of ether oxygens (including phenoxy) is 3. The minimum atomic E-state index is -3.37. The summed E-state index contributed by atoms with van der Waals surface area (Å²) in [6.07, 6.45) is -2.37. The van der Waals surface area contributed by atoms with Crippen molar-refractivity contribution in [2.24, 2.45) is 0 Å². The van der Waals surface area contributed by atoms with Crippen molar-refractivity contribution in [3.05, 3.63) is 70.3 Å². The molecule has 0 bridgehead atoms. The fourth-order valence-corrected chi connectivity index (χ4v) is 5.77. The first-order valence-electron chi connectivity index (χ1n) is 11.7. The van der Waals surface area contributed by atoms with Crippen LogP contribution in [0.25, 0.3) is 0 Å². The van der Waals surface area contributed by atoms with Crippen molar-refractivity contribution in [1.29, 1.82) is 0 Å². The van der Waals surface area contributed by atoms with Crippen molar-refractivity contribution in [3.8, 4) is 0 Å². The van der Waals surface area contributed by atoms with Crippen molar-refractivity contribution < 1.29 is 32.9 Å². The Morgan fingerprint density at radius 2 is 1.56 bits per heavy atom. The van der Waals surface area contributed by atoms with Crippen molar-refractivity contribution >= 4 is 19.6 Å². The molecule has 1 fully saturated rings. The smallest absolute Gasteiger partial charge is 0.347 e. The van der Waals surface area contributed by atoms with E-state index in [-0.39, 0.29) is 13.0 Å². The highest BCUT2D eigenvalue weighted by Gasteiger charge is 2.44. The molecule has 3 rings (SSSR count). The van der Waals surface area contributed by atoms with E-state index in [1.807, 2.05) is 32.9 Å². The molecule has 1 saturated heterocycles. The summed E-state index contributed by atoms with van der Waals surface area (Å²) in [7, 11) is 3.22. The SMILES string of the molecule is Cc1cc(C)c(C(=O)O[C@H]2C[C@H](OP(=O)(N(C)C)N(C)C)O[C@@H]2COC(=O)c2ccccc2)c(C)c1. The summed E-state index contributed by atoms with van der Waals surface area (Å²) < 4.78 is 39.5. The Balaban J connectivity index is 1.79. The van der Waals surface area contributed by atoms with E-state index in [1.54, 1.807) is 58.5 Å². The highest BCUT2D eigenvalue weighted by atomic mass is 31.2. The molecule has 0 radical (unpaired) electrons. The zero-order valence-corrected chi connectivity index (χ0v) is 22.8. The molecule has 1 aliphatic heterocycles. The van der Waals surface area contributed by atoms with Crippen LogP contribution >= 0.6 is 7.67 Å². The highest BCUT2D eigenvalue weighted by Crippen LogP contribution is 2.53. The van der Waals surface area contributed by atoms with E-state index in [0.717, 1.165) is 16.7 Å². The highest BCUT2D eigenvalue weighted by molar-refractivity contribution is 7.53. The summed E-state index contributed by atoms with van der Waals surface area (Å²) in [5, 5.41) is 0. The van der Waals surface area contributed by atoms with Gasteiger partial charge in [0.25, 0.3) is 0 Å². The fourth-order valence-electron chi connectivity index (χ4n) is 4.23. The van der Waals surface area contributed by atoms with Gasteiger partial charge in [0.2, 0.25) is 0 Å². The van der Waals surface area contributed by atoms with Gasteiger partial charge in [-0.3, -0.25) is 9.09 Å². The number of benzene rings is 2. The lowest BCUT2D eigenvalue weighted by Gasteiger charge is -2.31. The monoisotopic (exact) mass is 518 g/mol. The van der Waals surface area contributed by atoms with Gasteiger partial charge in [-0.15, -0.1) is 0 Å². The zero-order valence-electron chi connectivity index (χ0n) is 21.9. The van der Waals surface area contributed by atoms with E-state index in [9.17, 15) is 14.2 Å². The van der Waals surface area contributed by atoms with Crippen molar-refractivity contribution in [1.82, 2.24) is 9.34 Å². The molecular weight excluding hydrogens is 483 g/mol. The third-order valence-corrected chi connectivity index (χ3v) is 8.49. The van der Waals surface area contributed by atoms with Crippen LogP contribution in [-0.4, -0.2) is 74.6 Å². The third kappa shape index (κ3) is 6.41. The summed E-state index contributed by atoms with van der Waals surface area (Å²) >= 11 is 0. The first-order valence-corrected chi connectivity index (χ1v) is 13.3. The van der Waals surface area contributed by atoms with Crippen LogP contribution in [0.3, 0.4) is 0 Å². The van der Waals surface area contributed by atoms with Crippen LogP contribution in [0.15, 0.2) is 42.5 Å². The second-order valence-electron chi connectivity index (χ2n) is 9.31. The topological polar surface area (TPSA) is 94.6 Å². The summed E-state index contributed by atoms with van der Waals surface area (Å²) in [5.74, 6) is -1.02. The molecule has 2 aromatic carbocycles. The molecule has 9 nitrogen and oxygen atoms in total. The molecule has 36 heavy (non-hydrogen) atoms. The molecule has 0 amide bonds.